The van der Waals surface area contributed by atoms with Crippen LogP contribution in [-0.2, 0) is 9.59 Å². The summed E-state index contributed by atoms with van der Waals surface area (Å²) in [5.41, 5.74) is 1.43. The maximum absolute atomic E-state index is 12.5. The van der Waals surface area contributed by atoms with Crippen molar-refractivity contribution in [3.8, 4) is 5.75 Å². The minimum Gasteiger partial charge on any atom is -0.482 e. The predicted octanol–water partition coefficient (Wildman–Crippen LogP) is 2.07. The van der Waals surface area contributed by atoms with Crippen molar-refractivity contribution in [1.29, 1.82) is 0 Å². The molecule has 112 valence electrons. The molecule has 2 aromatic rings. The van der Waals surface area contributed by atoms with Gasteiger partial charge in [-0.2, -0.15) is 0 Å². The Morgan fingerprint density at radius 2 is 1.82 bits per heavy atom. The molecule has 0 saturated heterocycles. The lowest BCUT2D eigenvalue weighted by Crippen LogP contribution is -2.45. The number of carbonyl (C=O) groups is 2. The van der Waals surface area contributed by atoms with Gasteiger partial charge in [0, 0.05) is 12.7 Å². The van der Waals surface area contributed by atoms with E-state index in [-0.39, 0.29) is 25.0 Å². The first-order valence-electron chi connectivity index (χ1n) is 7.00. The fourth-order valence-electron chi connectivity index (χ4n) is 2.36. The van der Waals surface area contributed by atoms with Crippen molar-refractivity contribution in [3.05, 3.63) is 54.6 Å². The van der Waals surface area contributed by atoms with Gasteiger partial charge in [-0.05, 0) is 24.3 Å². The standard InChI is InChI=1S/C17H16N2O3/c1-18(13-7-3-2-4-8-13)16(20)11-19-14-9-5-6-10-15(14)22-12-17(19)21/h2-10H,11-12H2,1H3. The topological polar surface area (TPSA) is 49.9 Å². The molecule has 0 N–H and O–H groups in total. The number of para-hydroxylation sites is 3. The van der Waals surface area contributed by atoms with E-state index < -0.39 is 0 Å². The smallest absolute Gasteiger partial charge is 0.265 e. The molecular formula is C17H16N2O3. The number of ether oxygens (including phenoxy) is 1. The van der Waals surface area contributed by atoms with E-state index in [2.05, 4.69) is 0 Å². The van der Waals surface area contributed by atoms with Gasteiger partial charge in [0.1, 0.15) is 12.3 Å². The lowest BCUT2D eigenvalue weighted by atomic mass is 10.2. The first kappa shape index (κ1) is 14.1. The molecule has 0 spiro atoms. The Kier molecular flexibility index (Phi) is 3.78. The second-order valence-electron chi connectivity index (χ2n) is 5.02. The summed E-state index contributed by atoms with van der Waals surface area (Å²) in [6.07, 6.45) is 0. The molecule has 5 heteroatoms. The predicted molar refractivity (Wildman–Crippen MR) is 84.1 cm³/mol. The number of nitrogens with zero attached hydrogens (tertiary/aromatic N) is 2. The second-order valence-corrected chi connectivity index (χ2v) is 5.02. The number of hydrogen-bond donors (Lipinski definition) is 0. The number of likely N-dealkylation sites (N-methyl/N-ethyl adjacent to an activating group) is 1. The van der Waals surface area contributed by atoms with Crippen LogP contribution < -0.4 is 14.5 Å². The van der Waals surface area contributed by atoms with Crippen LogP contribution in [0.1, 0.15) is 0 Å². The monoisotopic (exact) mass is 296 g/mol. The Bertz CT molecular complexity index is 700. The van der Waals surface area contributed by atoms with E-state index in [0.29, 0.717) is 11.4 Å². The maximum atomic E-state index is 12.5. The molecule has 1 aliphatic heterocycles. The highest BCUT2D eigenvalue weighted by Crippen LogP contribution is 2.31. The van der Waals surface area contributed by atoms with Gasteiger partial charge in [0.15, 0.2) is 6.61 Å². The Hall–Kier alpha value is -2.82. The summed E-state index contributed by atoms with van der Waals surface area (Å²) in [6, 6.07) is 16.6. The molecule has 22 heavy (non-hydrogen) atoms. The third-order valence-electron chi connectivity index (χ3n) is 3.62. The van der Waals surface area contributed by atoms with Crippen molar-refractivity contribution >= 4 is 23.2 Å². The molecule has 0 bridgehead atoms. The van der Waals surface area contributed by atoms with E-state index in [0.717, 1.165) is 5.69 Å². The average Bonchev–Trinajstić information content (AvgIpc) is 2.57. The van der Waals surface area contributed by atoms with E-state index in [9.17, 15) is 9.59 Å². The van der Waals surface area contributed by atoms with E-state index in [1.54, 1.807) is 24.1 Å². The number of benzene rings is 2. The van der Waals surface area contributed by atoms with Crippen molar-refractivity contribution in [1.82, 2.24) is 0 Å². The van der Waals surface area contributed by atoms with Crippen LogP contribution in [0.15, 0.2) is 54.6 Å². The van der Waals surface area contributed by atoms with Crippen LogP contribution in [0.4, 0.5) is 11.4 Å². The van der Waals surface area contributed by atoms with Gasteiger partial charge in [-0.1, -0.05) is 30.3 Å². The van der Waals surface area contributed by atoms with Gasteiger partial charge < -0.3 is 9.64 Å². The number of anilines is 2. The van der Waals surface area contributed by atoms with Crippen LogP contribution in [0.5, 0.6) is 5.75 Å². The first-order valence-corrected chi connectivity index (χ1v) is 7.00. The molecule has 0 saturated carbocycles. The Balaban J connectivity index is 1.81. The van der Waals surface area contributed by atoms with Crippen LogP contribution in [0, 0.1) is 0 Å². The van der Waals surface area contributed by atoms with Crippen LogP contribution in [0.3, 0.4) is 0 Å². The molecule has 2 aromatic carbocycles. The number of amides is 2. The maximum Gasteiger partial charge on any atom is 0.265 e. The van der Waals surface area contributed by atoms with Gasteiger partial charge in [0.2, 0.25) is 5.91 Å². The largest absolute Gasteiger partial charge is 0.482 e. The normalized spacial score (nSPS) is 13.3. The minimum atomic E-state index is -0.214. The van der Waals surface area contributed by atoms with Crippen molar-refractivity contribution in [2.75, 3.05) is 30.0 Å². The summed E-state index contributed by atoms with van der Waals surface area (Å²) < 4.78 is 5.38. The van der Waals surface area contributed by atoms with Crippen molar-refractivity contribution in [3.63, 3.8) is 0 Å². The Morgan fingerprint density at radius 3 is 2.59 bits per heavy atom. The highest BCUT2D eigenvalue weighted by molar-refractivity contribution is 6.05. The summed E-state index contributed by atoms with van der Waals surface area (Å²) in [4.78, 5) is 27.6. The molecule has 0 atom stereocenters. The van der Waals surface area contributed by atoms with Crippen LogP contribution in [0.2, 0.25) is 0 Å². The minimum absolute atomic E-state index is 0.00932. The molecule has 0 aliphatic carbocycles. The molecule has 0 radical (unpaired) electrons. The van der Waals surface area contributed by atoms with Crippen LogP contribution >= 0.6 is 0 Å². The lowest BCUT2D eigenvalue weighted by molar-refractivity contribution is -0.124. The van der Waals surface area contributed by atoms with Gasteiger partial charge >= 0.3 is 0 Å². The summed E-state index contributed by atoms with van der Waals surface area (Å²) in [5, 5.41) is 0. The lowest BCUT2D eigenvalue weighted by Gasteiger charge is -2.30. The van der Waals surface area contributed by atoms with Crippen LogP contribution in [0.25, 0.3) is 0 Å². The summed E-state index contributed by atoms with van der Waals surface area (Å²) in [7, 11) is 1.70. The van der Waals surface area contributed by atoms with Crippen molar-refractivity contribution in [2.24, 2.45) is 0 Å². The fourth-order valence-corrected chi connectivity index (χ4v) is 2.36. The van der Waals surface area contributed by atoms with Crippen LogP contribution in [-0.4, -0.2) is 32.0 Å². The first-order chi connectivity index (χ1) is 10.7. The van der Waals surface area contributed by atoms with E-state index >= 15 is 0 Å². The molecule has 0 fully saturated rings. The highest BCUT2D eigenvalue weighted by atomic mass is 16.5. The number of hydrogen-bond acceptors (Lipinski definition) is 3. The molecule has 0 aromatic heterocycles. The number of rotatable bonds is 3. The van der Waals surface area contributed by atoms with Gasteiger partial charge in [-0.25, -0.2) is 0 Å². The third kappa shape index (κ3) is 2.65. The quantitative estimate of drug-likeness (QED) is 0.871. The number of carbonyl (C=O) groups excluding carboxylic acids is 2. The van der Waals surface area contributed by atoms with Gasteiger partial charge in [0.25, 0.3) is 5.91 Å². The SMILES string of the molecule is CN(C(=O)CN1C(=O)COc2ccccc21)c1ccccc1. The average molecular weight is 296 g/mol. The molecule has 1 heterocycles. The Morgan fingerprint density at radius 1 is 1.14 bits per heavy atom. The zero-order chi connectivity index (χ0) is 15.5. The molecule has 1 aliphatic rings. The summed E-state index contributed by atoms with van der Waals surface area (Å²) in [5.74, 6) is 0.252. The second kappa shape index (κ2) is 5.89. The van der Waals surface area contributed by atoms with Crippen molar-refractivity contribution in [2.45, 2.75) is 0 Å². The zero-order valence-electron chi connectivity index (χ0n) is 12.2. The zero-order valence-corrected chi connectivity index (χ0v) is 12.2. The fraction of sp³-hybridized carbons (Fsp3) is 0.176. The van der Waals surface area contributed by atoms with E-state index in [1.807, 2.05) is 42.5 Å². The molecule has 3 rings (SSSR count). The molecular weight excluding hydrogens is 280 g/mol. The highest BCUT2D eigenvalue weighted by Gasteiger charge is 2.28. The number of fused-ring (bicyclic) bond motifs is 1. The summed E-state index contributed by atoms with van der Waals surface area (Å²) >= 11 is 0. The molecule has 2 amide bonds. The van der Waals surface area contributed by atoms with Crippen molar-refractivity contribution < 1.29 is 14.3 Å². The van der Waals surface area contributed by atoms with Gasteiger partial charge in [0.05, 0.1) is 5.69 Å². The Labute approximate surface area is 128 Å². The third-order valence-corrected chi connectivity index (χ3v) is 3.62. The van der Waals surface area contributed by atoms with Gasteiger partial charge in [-0.15, -0.1) is 0 Å². The van der Waals surface area contributed by atoms with E-state index in [4.69, 9.17) is 4.74 Å². The van der Waals surface area contributed by atoms with E-state index in [1.165, 1.54) is 4.90 Å². The summed E-state index contributed by atoms with van der Waals surface area (Å²) in [6.45, 7) is -0.0516. The molecule has 0 unspecified atom stereocenters. The molecule has 5 nitrogen and oxygen atoms in total. The van der Waals surface area contributed by atoms with Gasteiger partial charge in [-0.3, -0.25) is 14.5 Å².